The lowest BCUT2D eigenvalue weighted by Gasteiger charge is -2.33. The van der Waals surface area contributed by atoms with Crippen LogP contribution in [-0.2, 0) is 21.4 Å². The van der Waals surface area contributed by atoms with Crippen molar-refractivity contribution < 1.29 is 17.7 Å². The van der Waals surface area contributed by atoms with Gasteiger partial charge in [0.1, 0.15) is 17.1 Å². The molecule has 1 aliphatic heterocycles. The highest BCUT2D eigenvalue weighted by molar-refractivity contribution is 7.89. The van der Waals surface area contributed by atoms with Crippen molar-refractivity contribution in [2.75, 3.05) is 26.2 Å². The highest BCUT2D eigenvalue weighted by atomic mass is 32.2. The van der Waals surface area contributed by atoms with Gasteiger partial charge in [0, 0.05) is 26.2 Å². The number of tetrazole rings is 1. The number of hydrogen-bond acceptors (Lipinski definition) is 9. The lowest BCUT2D eigenvalue weighted by molar-refractivity contribution is -0.133. The van der Waals surface area contributed by atoms with Crippen molar-refractivity contribution in [2.24, 2.45) is 0 Å². The summed E-state index contributed by atoms with van der Waals surface area (Å²) in [5.74, 6) is 0.553. The zero-order valence-corrected chi connectivity index (χ0v) is 17.5. The summed E-state index contributed by atoms with van der Waals surface area (Å²) in [5.41, 5.74) is 0.333. The van der Waals surface area contributed by atoms with Crippen LogP contribution in [0.2, 0.25) is 0 Å². The molecule has 0 spiro atoms. The number of carbonyl (C=O) groups is 1. The predicted octanol–water partition coefficient (Wildman–Crippen LogP) is 0.540. The molecule has 13 heteroatoms. The van der Waals surface area contributed by atoms with E-state index in [9.17, 15) is 13.2 Å². The number of thiophene rings is 1. The Morgan fingerprint density at radius 1 is 1.24 bits per heavy atom. The molecule has 11 nitrogen and oxygen atoms in total. The number of sulfonamides is 1. The number of nitrogens with zero attached hydrogens (tertiary/aromatic N) is 7. The number of rotatable bonds is 5. The van der Waals surface area contributed by atoms with Crippen molar-refractivity contribution in [3.63, 3.8) is 0 Å². The van der Waals surface area contributed by atoms with Gasteiger partial charge in [-0.15, -0.1) is 21.5 Å². The number of hydrogen-bond donors (Lipinski definition) is 0. The highest BCUT2D eigenvalue weighted by Gasteiger charge is 2.34. The molecule has 1 aliphatic rings. The highest BCUT2D eigenvalue weighted by Crippen LogP contribution is 2.24. The summed E-state index contributed by atoms with van der Waals surface area (Å²) in [6.45, 7) is 4.09. The van der Waals surface area contributed by atoms with Gasteiger partial charge in [0.15, 0.2) is 5.76 Å². The average Bonchev–Trinajstić information content (AvgIpc) is 3.43. The second-order valence-corrected chi connectivity index (χ2v) is 9.38. The monoisotopic (exact) mass is 437 g/mol. The summed E-state index contributed by atoms with van der Waals surface area (Å²) in [6, 6.07) is 3.77. The molecule has 0 unspecified atom stereocenters. The van der Waals surface area contributed by atoms with E-state index in [1.807, 2.05) is 17.5 Å². The van der Waals surface area contributed by atoms with E-state index in [0.717, 1.165) is 4.88 Å². The van der Waals surface area contributed by atoms with E-state index in [2.05, 4.69) is 20.6 Å². The minimum Gasteiger partial charge on any atom is -0.360 e. The van der Waals surface area contributed by atoms with Crippen molar-refractivity contribution in [3.8, 4) is 10.7 Å². The summed E-state index contributed by atoms with van der Waals surface area (Å²) < 4.78 is 32.1. The molecule has 4 heterocycles. The van der Waals surface area contributed by atoms with E-state index in [-0.39, 0.29) is 49.3 Å². The molecular weight excluding hydrogens is 418 g/mol. The third-order valence-electron chi connectivity index (χ3n) is 4.63. The van der Waals surface area contributed by atoms with Crippen molar-refractivity contribution in [1.29, 1.82) is 0 Å². The smallest absolute Gasteiger partial charge is 0.248 e. The lowest BCUT2D eigenvalue weighted by Crippen LogP contribution is -2.51. The van der Waals surface area contributed by atoms with E-state index in [1.165, 1.54) is 20.4 Å². The van der Waals surface area contributed by atoms with Crippen LogP contribution in [0.5, 0.6) is 0 Å². The first-order chi connectivity index (χ1) is 13.9. The van der Waals surface area contributed by atoms with Crippen LogP contribution >= 0.6 is 11.3 Å². The van der Waals surface area contributed by atoms with Crippen LogP contribution in [0.1, 0.15) is 11.5 Å². The van der Waals surface area contributed by atoms with Crippen molar-refractivity contribution in [2.45, 2.75) is 25.3 Å². The molecule has 1 fully saturated rings. The van der Waals surface area contributed by atoms with Gasteiger partial charge in [-0.05, 0) is 30.5 Å². The van der Waals surface area contributed by atoms with E-state index >= 15 is 0 Å². The minimum atomic E-state index is -3.71. The molecule has 0 saturated carbocycles. The second kappa shape index (κ2) is 7.65. The van der Waals surface area contributed by atoms with Gasteiger partial charge in [-0.3, -0.25) is 4.79 Å². The Bertz CT molecular complexity index is 1090. The van der Waals surface area contributed by atoms with Gasteiger partial charge in [0.2, 0.25) is 21.8 Å². The van der Waals surface area contributed by atoms with E-state index in [1.54, 1.807) is 18.7 Å². The first-order valence-electron chi connectivity index (χ1n) is 8.89. The van der Waals surface area contributed by atoms with Gasteiger partial charge in [-0.2, -0.15) is 9.10 Å². The quantitative estimate of drug-likeness (QED) is 0.566. The van der Waals surface area contributed by atoms with Crippen LogP contribution in [0.15, 0.2) is 26.9 Å². The summed E-state index contributed by atoms with van der Waals surface area (Å²) in [7, 11) is -3.71. The van der Waals surface area contributed by atoms with Crippen LogP contribution in [0.3, 0.4) is 0 Å². The fourth-order valence-electron chi connectivity index (χ4n) is 3.19. The molecule has 154 valence electrons. The molecule has 0 aliphatic carbocycles. The maximum absolute atomic E-state index is 12.9. The zero-order chi connectivity index (χ0) is 20.6. The molecule has 0 atom stereocenters. The molecule has 0 aromatic carbocycles. The molecule has 3 aromatic heterocycles. The SMILES string of the molecule is Cc1noc(C)c1S(=O)(=O)N1CCN(C(=O)Cn2nnc(-c3cccs3)n2)CC1. The topological polar surface area (TPSA) is 127 Å². The number of carbonyl (C=O) groups excluding carboxylic acids is 1. The summed E-state index contributed by atoms with van der Waals surface area (Å²) in [6.07, 6.45) is 0. The van der Waals surface area contributed by atoms with Crippen molar-refractivity contribution in [3.05, 3.63) is 29.0 Å². The maximum atomic E-state index is 12.9. The van der Waals surface area contributed by atoms with Gasteiger partial charge in [0.25, 0.3) is 0 Å². The number of piperazine rings is 1. The first-order valence-corrected chi connectivity index (χ1v) is 11.2. The Morgan fingerprint density at radius 2 is 2.00 bits per heavy atom. The lowest BCUT2D eigenvalue weighted by atomic mass is 10.3. The second-order valence-electron chi connectivity index (χ2n) is 6.56. The summed E-state index contributed by atoms with van der Waals surface area (Å²) in [4.78, 5) is 16.4. The molecule has 0 bridgehead atoms. The third kappa shape index (κ3) is 3.80. The molecule has 3 aromatic rings. The van der Waals surface area contributed by atoms with Crippen LogP contribution in [0, 0.1) is 13.8 Å². The van der Waals surface area contributed by atoms with Crippen LogP contribution < -0.4 is 0 Å². The normalized spacial score (nSPS) is 15.7. The summed E-state index contributed by atoms with van der Waals surface area (Å²) >= 11 is 1.49. The molecule has 1 amide bonds. The van der Waals surface area contributed by atoms with Crippen molar-refractivity contribution in [1.82, 2.24) is 34.6 Å². The molecule has 0 radical (unpaired) electrons. The van der Waals surface area contributed by atoms with Gasteiger partial charge < -0.3 is 9.42 Å². The molecule has 29 heavy (non-hydrogen) atoms. The Morgan fingerprint density at radius 3 is 2.62 bits per heavy atom. The Labute approximate surface area is 170 Å². The number of amides is 1. The number of aromatic nitrogens is 5. The van der Waals surface area contributed by atoms with Gasteiger partial charge in [0.05, 0.1) is 4.88 Å². The molecule has 4 rings (SSSR count). The van der Waals surface area contributed by atoms with Gasteiger partial charge in [-0.1, -0.05) is 11.2 Å². The van der Waals surface area contributed by atoms with Gasteiger partial charge in [-0.25, -0.2) is 8.42 Å². The average molecular weight is 438 g/mol. The molecule has 1 saturated heterocycles. The molecule has 0 N–H and O–H groups in total. The standard InChI is InChI=1S/C16H19N7O4S2/c1-11-15(12(2)27-19-11)29(25,26)22-7-5-21(6-8-22)14(24)10-23-18-16(17-20-23)13-4-3-9-28-13/h3-4,9H,5-8,10H2,1-2H3. The van der Waals surface area contributed by atoms with E-state index in [0.29, 0.717) is 11.5 Å². The maximum Gasteiger partial charge on any atom is 0.248 e. The minimum absolute atomic E-state index is 0.0466. The Balaban J connectivity index is 1.38. The summed E-state index contributed by atoms with van der Waals surface area (Å²) in [5, 5.41) is 17.8. The Hall–Kier alpha value is -2.64. The fraction of sp³-hybridized carbons (Fsp3) is 0.438. The van der Waals surface area contributed by atoms with Gasteiger partial charge >= 0.3 is 0 Å². The van der Waals surface area contributed by atoms with Crippen LogP contribution in [0.4, 0.5) is 0 Å². The van der Waals surface area contributed by atoms with Crippen LogP contribution in [-0.4, -0.2) is 75.1 Å². The third-order valence-corrected chi connectivity index (χ3v) is 7.64. The van der Waals surface area contributed by atoms with E-state index < -0.39 is 10.0 Å². The fourth-order valence-corrected chi connectivity index (χ4v) is 5.55. The first kappa shape index (κ1) is 19.7. The number of aryl methyl sites for hydroxylation is 2. The molecular formula is C16H19N7O4S2. The predicted molar refractivity (Wildman–Crippen MR) is 102 cm³/mol. The van der Waals surface area contributed by atoms with E-state index in [4.69, 9.17) is 4.52 Å². The largest absolute Gasteiger partial charge is 0.360 e. The Kier molecular flexibility index (Phi) is 5.19. The van der Waals surface area contributed by atoms with Crippen molar-refractivity contribution >= 4 is 27.3 Å². The van der Waals surface area contributed by atoms with Crippen LogP contribution in [0.25, 0.3) is 10.7 Å². The zero-order valence-electron chi connectivity index (χ0n) is 15.8.